The summed E-state index contributed by atoms with van der Waals surface area (Å²) in [5, 5.41) is 0.943. The Balaban J connectivity index is 1.17. The number of hydrogen-bond donors (Lipinski definition) is 0. The maximum absolute atomic E-state index is 11.6. The molecule has 4 amide bonds. The van der Waals surface area contributed by atoms with Gasteiger partial charge in [-0.1, -0.05) is 0 Å². The van der Waals surface area contributed by atoms with Crippen LogP contribution >= 0.6 is 0 Å². The van der Waals surface area contributed by atoms with E-state index in [4.69, 9.17) is 47.4 Å². The van der Waals surface area contributed by atoms with Gasteiger partial charge in [0.1, 0.15) is 13.2 Å². The zero-order chi connectivity index (χ0) is 36.1. The molecule has 0 aliphatic carbocycles. The first kappa shape index (κ1) is 43.0. The van der Waals surface area contributed by atoms with Crippen molar-refractivity contribution in [3.8, 4) is 0 Å². The van der Waals surface area contributed by atoms with Crippen LogP contribution < -0.4 is 0 Å². The topological polar surface area (TPSA) is 220 Å². The van der Waals surface area contributed by atoms with Crippen molar-refractivity contribution in [1.29, 1.82) is 0 Å². The first-order chi connectivity index (χ1) is 24.4. The maximum atomic E-state index is 11.6. The minimum atomic E-state index is -0.832. The Hall–Kier alpha value is -3.18. The summed E-state index contributed by atoms with van der Waals surface area (Å²) in [6.07, 6.45) is 0.129. The summed E-state index contributed by atoms with van der Waals surface area (Å²) >= 11 is 0. The summed E-state index contributed by atoms with van der Waals surface area (Å²) < 4.78 is 53.3. The monoisotopic (exact) mass is 724 g/mol. The summed E-state index contributed by atoms with van der Waals surface area (Å²) in [5.41, 5.74) is 0. The fourth-order valence-electron chi connectivity index (χ4n) is 3.76. The number of carbonyl (C=O) groups is 6. The molecule has 0 aromatic carbocycles. The highest BCUT2D eigenvalue weighted by Crippen LogP contribution is 2.13. The zero-order valence-corrected chi connectivity index (χ0v) is 28.2. The van der Waals surface area contributed by atoms with E-state index in [1.165, 1.54) is 0 Å². The van der Waals surface area contributed by atoms with Gasteiger partial charge in [-0.15, -0.1) is 10.1 Å². The Morgan fingerprint density at radius 1 is 0.340 bits per heavy atom. The molecule has 2 heterocycles. The van der Waals surface area contributed by atoms with Crippen molar-refractivity contribution in [2.45, 2.75) is 25.7 Å². The second-order valence-electron chi connectivity index (χ2n) is 10.1. The number of hydroxylamine groups is 4. The smallest absolute Gasteiger partial charge is 0.358 e. The SMILES string of the molecule is O=C(COCCOCCOCCOCCOCCOCCOCCOCCOCCOCC(=O)ON1C(=O)CCC1=O)ON1C(=O)CCC1=O. The van der Waals surface area contributed by atoms with Gasteiger partial charge in [0, 0.05) is 25.7 Å². The third kappa shape index (κ3) is 21.1. The minimum absolute atomic E-state index is 0.0322. The Labute approximate surface area is 289 Å². The van der Waals surface area contributed by atoms with Crippen molar-refractivity contribution in [3.05, 3.63) is 0 Å². The van der Waals surface area contributed by atoms with Crippen molar-refractivity contribution in [1.82, 2.24) is 10.1 Å². The molecule has 0 radical (unpaired) electrons. The molecular formula is C30H48N2O18. The van der Waals surface area contributed by atoms with Crippen LogP contribution in [-0.4, -0.2) is 178 Å². The second-order valence-corrected chi connectivity index (χ2v) is 10.1. The molecule has 2 fully saturated rings. The highest BCUT2D eigenvalue weighted by molar-refractivity contribution is 6.02. The molecule has 20 heteroatoms. The van der Waals surface area contributed by atoms with E-state index >= 15 is 0 Å². The second kappa shape index (κ2) is 28.5. The van der Waals surface area contributed by atoms with Gasteiger partial charge in [0.2, 0.25) is 0 Å². The summed E-state index contributed by atoms with van der Waals surface area (Å²) in [7, 11) is 0. The molecule has 2 rings (SSSR count). The van der Waals surface area contributed by atoms with Crippen LogP contribution in [0.5, 0.6) is 0 Å². The number of ether oxygens (including phenoxy) is 10. The Bertz CT molecular complexity index is 904. The van der Waals surface area contributed by atoms with Crippen LogP contribution in [-0.2, 0) is 85.8 Å². The molecule has 0 aromatic heterocycles. The minimum Gasteiger partial charge on any atom is -0.377 e. The molecule has 286 valence electrons. The molecule has 0 N–H and O–H groups in total. The van der Waals surface area contributed by atoms with E-state index < -0.39 is 48.8 Å². The lowest BCUT2D eigenvalue weighted by Gasteiger charge is -2.12. The van der Waals surface area contributed by atoms with Crippen LogP contribution in [0.25, 0.3) is 0 Å². The number of imide groups is 2. The van der Waals surface area contributed by atoms with Crippen molar-refractivity contribution < 1.29 is 85.8 Å². The van der Waals surface area contributed by atoms with Crippen LogP contribution in [0, 0.1) is 0 Å². The molecule has 0 bridgehead atoms. The Morgan fingerprint density at radius 2 is 0.520 bits per heavy atom. The van der Waals surface area contributed by atoms with Crippen LogP contribution in [0.2, 0.25) is 0 Å². The summed E-state index contributed by atoms with van der Waals surface area (Å²) in [5.74, 6) is -3.84. The lowest BCUT2D eigenvalue weighted by atomic mass is 10.4. The molecule has 0 saturated carbocycles. The number of rotatable bonds is 33. The number of amides is 4. The van der Waals surface area contributed by atoms with Gasteiger partial charge >= 0.3 is 11.9 Å². The molecule has 50 heavy (non-hydrogen) atoms. The van der Waals surface area contributed by atoms with E-state index in [9.17, 15) is 28.8 Å². The van der Waals surface area contributed by atoms with Crippen molar-refractivity contribution in [3.63, 3.8) is 0 Å². The van der Waals surface area contributed by atoms with Crippen LogP contribution in [0.1, 0.15) is 25.7 Å². The fourth-order valence-corrected chi connectivity index (χ4v) is 3.76. The van der Waals surface area contributed by atoms with E-state index in [0.29, 0.717) is 103 Å². The van der Waals surface area contributed by atoms with Crippen LogP contribution in [0.15, 0.2) is 0 Å². The van der Waals surface area contributed by atoms with Crippen molar-refractivity contribution in [2.24, 2.45) is 0 Å². The summed E-state index contributed by atoms with van der Waals surface area (Å²) in [6, 6.07) is 0. The quantitative estimate of drug-likeness (QED) is 0.0548. The number of hydrogen-bond acceptors (Lipinski definition) is 18. The molecule has 0 atom stereocenters. The summed E-state index contributed by atoms with van der Waals surface area (Å²) in [6.45, 7) is 5.50. The van der Waals surface area contributed by atoms with Crippen molar-refractivity contribution in [2.75, 3.05) is 132 Å². The Kier molecular flexibility index (Phi) is 24.5. The van der Waals surface area contributed by atoms with Gasteiger partial charge in [0.25, 0.3) is 23.6 Å². The zero-order valence-electron chi connectivity index (χ0n) is 28.2. The predicted molar refractivity (Wildman–Crippen MR) is 163 cm³/mol. The number of carbonyl (C=O) groups excluding carboxylic acids is 6. The van der Waals surface area contributed by atoms with Crippen molar-refractivity contribution >= 4 is 35.6 Å². The van der Waals surface area contributed by atoms with Gasteiger partial charge in [-0.25, -0.2) is 9.59 Å². The van der Waals surface area contributed by atoms with Gasteiger partial charge in [-0.3, -0.25) is 19.2 Å². The van der Waals surface area contributed by atoms with Gasteiger partial charge in [-0.2, -0.15) is 0 Å². The van der Waals surface area contributed by atoms with E-state index in [2.05, 4.69) is 9.68 Å². The average molecular weight is 725 g/mol. The maximum Gasteiger partial charge on any atom is 0.358 e. The fraction of sp³-hybridized carbons (Fsp3) is 0.800. The third-order valence-corrected chi connectivity index (χ3v) is 6.19. The molecule has 0 spiro atoms. The molecule has 2 saturated heterocycles. The lowest BCUT2D eigenvalue weighted by molar-refractivity contribution is -0.200. The highest BCUT2D eigenvalue weighted by atomic mass is 16.7. The molecule has 0 aromatic rings. The first-order valence-corrected chi connectivity index (χ1v) is 16.3. The molecule has 20 nitrogen and oxygen atoms in total. The highest BCUT2D eigenvalue weighted by Gasteiger charge is 2.33. The van der Waals surface area contributed by atoms with E-state index in [-0.39, 0.29) is 52.1 Å². The molecule has 2 aliphatic heterocycles. The van der Waals surface area contributed by atoms with Crippen LogP contribution in [0.4, 0.5) is 0 Å². The van der Waals surface area contributed by atoms with E-state index in [0.717, 1.165) is 0 Å². The first-order valence-electron chi connectivity index (χ1n) is 16.3. The average Bonchev–Trinajstić information content (AvgIpc) is 3.59. The van der Waals surface area contributed by atoms with E-state index in [1.54, 1.807) is 0 Å². The van der Waals surface area contributed by atoms with E-state index in [1.807, 2.05) is 0 Å². The van der Waals surface area contributed by atoms with Gasteiger partial charge < -0.3 is 57.0 Å². The van der Waals surface area contributed by atoms with Gasteiger partial charge in [-0.05, 0) is 0 Å². The predicted octanol–water partition coefficient (Wildman–Crippen LogP) is -1.63. The molecule has 2 aliphatic rings. The molecular weight excluding hydrogens is 676 g/mol. The Morgan fingerprint density at radius 3 is 0.720 bits per heavy atom. The van der Waals surface area contributed by atoms with Gasteiger partial charge in [0.05, 0.1) is 119 Å². The van der Waals surface area contributed by atoms with Gasteiger partial charge in [0.15, 0.2) is 0 Å². The summed E-state index contributed by atoms with van der Waals surface area (Å²) in [4.78, 5) is 78.0. The number of nitrogens with zero attached hydrogens (tertiary/aromatic N) is 2. The normalized spacial score (nSPS) is 14.7. The standard InChI is InChI=1S/C30H48N2O18/c33-25-1-2-26(34)31(25)49-29(37)23-47-21-19-45-17-15-43-13-11-41-9-7-39-5-6-40-8-10-42-12-14-44-16-18-46-20-22-48-24-30(38)50-32-27(35)3-4-28(32)36/h1-24H2. The largest absolute Gasteiger partial charge is 0.377 e. The lowest BCUT2D eigenvalue weighted by Crippen LogP contribution is -2.33. The third-order valence-electron chi connectivity index (χ3n) is 6.19. The van der Waals surface area contributed by atoms with Crippen LogP contribution in [0.3, 0.4) is 0 Å². The molecule has 0 unspecified atom stereocenters.